The van der Waals surface area contributed by atoms with Crippen LogP contribution in [0.5, 0.6) is 17.2 Å². The van der Waals surface area contributed by atoms with Crippen molar-refractivity contribution in [3.63, 3.8) is 0 Å². The van der Waals surface area contributed by atoms with Crippen LogP contribution < -0.4 is 19.6 Å². The topological polar surface area (TPSA) is 52.1 Å². The van der Waals surface area contributed by atoms with Crippen LogP contribution in [-0.2, 0) is 6.61 Å². The molecule has 29 heavy (non-hydrogen) atoms. The Morgan fingerprint density at radius 1 is 0.966 bits per heavy atom. The number of benzene rings is 3. The van der Waals surface area contributed by atoms with Crippen molar-refractivity contribution in [3.05, 3.63) is 82.6 Å². The average Bonchev–Trinajstić information content (AvgIpc) is 2.74. The molecule has 0 bridgehead atoms. The van der Waals surface area contributed by atoms with Gasteiger partial charge in [0.05, 0.1) is 31.1 Å². The predicted octanol–water partition coefficient (Wildman–Crippen LogP) is 5.52. The molecule has 0 atom stereocenters. The molecule has 3 rings (SSSR count). The first-order valence-corrected chi connectivity index (χ1v) is 9.15. The molecule has 0 fully saturated rings. The normalized spacial score (nSPS) is 10.8. The van der Waals surface area contributed by atoms with Gasteiger partial charge in [-0.15, -0.1) is 0 Å². The minimum atomic E-state index is -0.306. The molecule has 3 aromatic carbocycles. The summed E-state index contributed by atoms with van der Waals surface area (Å²) >= 11 is 6.10. The quantitative estimate of drug-likeness (QED) is 0.389. The maximum atomic E-state index is 13.7. The maximum absolute atomic E-state index is 13.7. The molecule has 0 spiro atoms. The highest BCUT2D eigenvalue weighted by Crippen LogP contribution is 2.29. The third-order valence-electron chi connectivity index (χ3n) is 4.09. The molecular weight excluding hydrogens is 395 g/mol. The number of halogens is 2. The summed E-state index contributed by atoms with van der Waals surface area (Å²) in [5.74, 6) is 1.33. The molecule has 0 heterocycles. The van der Waals surface area contributed by atoms with Crippen LogP contribution in [-0.4, -0.2) is 20.4 Å². The largest absolute Gasteiger partial charge is 0.495 e. The number of nitrogens with zero attached hydrogens (tertiary/aromatic N) is 1. The van der Waals surface area contributed by atoms with Crippen LogP contribution in [0.2, 0.25) is 5.02 Å². The first kappa shape index (κ1) is 20.5. The molecule has 150 valence electrons. The van der Waals surface area contributed by atoms with E-state index in [4.69, 9.17) is 25.8 Å². The lowest BCUT2D eigenvalue weighted by atomic mass is 10.2. The summed E-state index contributed by atoms with van der Waals surface area (Å²) in [6.45, 7) is 0.107. The van der Waals surface area contributed by atoms with Gasteiger partial charge in [-0.1, -0.05) is 29.8 Å². The first-order valence-electron chi connectivity index (χ1n) is 8.77. The van der Waals surface area contributed by atoms with Crippen molar-refractivity contribution in [1.29, 1.82) is 0 Å². The van der Waals surface area contributed by atoms with Crippen molar-refractivity contribution < 1.29 is 18.6 Å². The van der Waals surface area contributed by atoms with Gasteiger partial charge in [0.15, 0.2) is 11.5 Å². The number of rotatable bonds is 8. The molecular formula is C22H20ClFN2O3. The number of hydrogen-bond donors (Lipinski definition) is 1. The molecule has 0 radical (unpaired) electrons. The molecule has 7 heteroatoms. The zero-order valence-corrected chi connectivity index (χ0v) is 16.7. The van der Waals surface area contributed by atoms with Gasteiger partial charge in [-0.05, 0) is 48.0 Å². The van der Waals surface area contributed by atoms with Gasteiger partial charge in [-0.25, -0.2) is 4.39 Å². The lowest BCUT2D eigenvalue weighted by Crippen LogP contribution is -2.00. The van der Waals surface area contributed by atoms with E-state index < -0.39 is 0 Å². The number of methoxy groups -OCH3 is 2. The molecule has 0 amide bonds. The van der Waals surface area contributed by atoms with Crippen molar-refractivity contribution >= 4 is 23.5 Å². The molecule has 0 aliphatic rings. The van der Waals surface area contributed by atoms with Crippen molar-refractivity contribution in [2.45, 2.75) is 6.61 Å². The second kappa shape index (κ2) is 9.80. The van der Waals surface area contributed by atoms with Crippen molar-refractivity contribution in [3.8, 4) is 17.2 Å². The fourth-order valence-electron chi connectivity index (χ4n) is 2.57. The van der Waals surface area contributed by atoms with E-state index in [2.05, 4.69) is 10.5 Å². The molecule has 1 N–H and O–H groups in total. The molecule has 0 saturated heterocycles. The van der Waals surface area contributed by atoms with Crippen LogP contribution >= 0.6 is 11.6 Å². The number of nitrogens with one attached hydrogen (secondary N) is 1. The van der Waals surface area contributed by atoms with Crippen LogP contribution in [0.4, 0.5) is 10.1 Å². The average molecular weight is 415 g/mol. The number of hydrazone groups is 1. The molecule has 0 aliphatic heterocycles. The summed E-state index contributed by atoms with van der Waals surface area (Å²) < 4.78 is 29.9. The van der Waals surface area contributed by atoms with Gasteiger partial charge in [0.1, 0.15) is 18.2 Å². The zero-order valence-electron chi connectivity index (χ0n) is 16.0. The number of hydrogen-bond acceptors (Lipinski definition) is 5. The molecule has 5 nitrogen and oxygen atoms in total. The Morgan fingerprint density at radius 2 is 1.72 bits per heavy atom. The van der Waals surface area contributed by atoms with Crippen molar-refractivity contribution in [2.75, 3.05) is 19.6 Å². The van der Waals surface area contributed by atoms with Crippen LogP contribution in [0, 0.1) is 5.82 Å². The van der Waals surface area contributed by atoms with Crippen LogP contribution in [0.3, 0.4) is 0 Å². The third-order valence-corrected chi connectivity index (χ3v) is 4.38. The highest BCUT2D eigenvalue weighted by molar-refractivity contribution is 6.32. The molecule has 0 aromatic heterocycles. The minimum absolute atomic E-state index is 0.107. The van der Waals surface area contributed by atoms with E-state index in [1.807, 2.05) is 12.1 Å². The molecule has 0 saturated carbocycles. The van der Waals surface area contributed by atoms with Gasteiger partial charge in [-0.2, -0.15) is 5.10 Å². The summed E-state index contributed by atoms with van der Waals surface area (Å²) in [4.78, 5) is 0. The van der Waals surface area contributed by atoms with E-state index in [0.717, 1.165) is 11.3 Å². The van der Waals surface area contributed by atoms with E-state index in [-0.39, 0.29) is 12.4 Å². The Balaban J connectivity index is 1.65. The van der Waals surface area contributed by atoms with E-state index >= 15 is 0 Å². The smallest absolute Gasteiger partial charge is 0.161 e. The Labute approximate surface area is 173 Å². The molecule has 0 unspecified atom stereocenters. The van der Waals surface area contributed by atoms with Crippen LogP contribution in [0.15, 0.2) is 65.8 Å². The highest BCUT2D eigenvalue weighted by atomic mass is 35.5. The minimum Gasteiger partial charge on any atom is -0.495 e. The van der Waals surface area contributed by atoms with Crippen LogP contribution in [0.1, 0.15) is 11.1 Å². The van der Waals surface area contributed by atoms with Crippen molar-refractivity contribution in [1.82, 2.24) is 0 Å². The SMILES string of the molecule is COc1ccc(N/N=C/c2ccc(OCc3ccccc3F)c(OC)c2)cc1Cl. The summed E-state index contributed by atoms with van der Waals surface area (Å²) in [6, 6.07) is 17.1. The van der Waals surface area contributed by atoms with Gasteiger partial charge in [0.2, 0.25) is 0 Å². The van der Waals surface area contributed by atoms with Gasteiger partial charge in [0.25, 0.3) is 0 Å². The number of ether oxygens (including phenoxy) is 3. The van der Waals surface area contributed by atoms with Gasteiger partial charge >= 0.3 is 0 Å². The van der Waals surface area contributed by atoms with Gasteiger partial charge in [-0.3, -0.25) is 5.43 Å². The summed E-state index contributed by atoms with van der Waals surface area (Å²) in [5.41, 5.74) is 4.90. The van der Waals surface area contributed by atoms with E-state index in [9.17, 15) is 4.39 Å². The Hall–Kier alpha value is -3.25. The highest BCUT2D eigenvalue weighted by Gasteiger charge is 2.08. The van der Waals surface area contributed by atoms with E-state index in [1.54, 1.807) is 62.9 Å². The predicted molar refractivity (Wildman–Crippen MR) is 113 cm³/mol. The monoisotopic (exact) mass is 414 g/mol. The lowest BCUT2D eigenvalue weighted by Gasteiger charge is -2.11. The fraction of sp³-hybridized carbons (Fsp3) is 0.136. The summed E-state index contributed by atoms with van der Waals surface area (Å²) in [5, 5.41) is 4.69. The van der Waals surface area contributed by atoms with E-state index in [1.165, 1.54) is 6.07 Å². The zero-order chi connectivity index (χ0) is 20.6. The fourth-order valence-corrected chi connectivity index (χ4v) is 2.83. The maximum Gasteiger partial charge on any atom is 0.161 e. The molecule has 3 aromatic rings. The Kier molecular flexibility index (Phi) is 6.92. The third kappa shape index (κ3) is 5.39. The number of anilines is 1. The Bertz CT molecular complexity index is 1010. The summed E-state index contributed by atoms with van der Waals surface area (Å²) in [7, 11) is 3.10. The molecule has 0 aliphatic carbocycles. The van der Waals surface area contributed by atoms with Crippen LogP contribution in [0.25, 0.3) is 0 Å². The standard InChI is InChI=1S/C22H20ClFN2O3/c1-27-20-10-8-17(12-18(20)23)26-25-13-15-7-9-21(22(11-15)28-2)29-14-16-5-3-4-6-19(16)24/h3-13,26H,14H2,1-2H3/b25-13+. The second-order valence-corrected chi connectivity index (χ2v) is 6.42. The van der Waals surface area contributed by atoms with Crippen molar-refractivity contribution in [2.24, 2.45) is 5.10 Å². The Morgan fingerprint density at radius 3 is 2.45 bits per heavy atom. The van der Waals surface area contributed by atoms with Gasteiger partial charge in [0, 0.05) is 5.56 Å². The van der Waals surface area contributed by atoms with E-state index in [0.29, 0.717) is 27.8 Å². The first-order chi connectivity index (χ1) is 14.1. The lowest BCUT2D eigenvalue weighted by molar-refractivity contribution is 0.279. The second-order valence-electron chi connectivity index (χ2n) is 6.01. The van der Waals surface area contributed by atoms with Gasteiger partial charge < -0.3 is 14.2 Å². The summed E-state index contributed by atoms with van der Waals surface area (Å²) in [6.07, 6.45) is 1.64.